The molecule has 1 N–H and O–H groups in total. The maximum absolute atomic E-state index is 13.0. The number of halogens is 1. The summed E-state index contributed by atoms with van der Waals surface area (Å²) in [5.74, 6) is 0.0798. The SMILES string of the molecule is COC(=O)COc1ccc(CC(C)N(CC(O)c2cccc(Cl)c2)C(=O)OC(C)(C)C)cc1. The minimum absolute atomic E-state index is 0.0523. The fraction of sp³-hybridized carbons (Fsp3) is 0.440. The molecule has 2 rings (SSSR count). The molecule has 2 aromatic carbocycles. The number of methoxy groups -OCH3 is 1. The lowest BCUT2D eigenvalue weighted by atomic mass is 10.0. The molecule has 0 fully saturated rings. The van der Waals surface area contributed by atoms with E-state index in [1.165, 1.54) is 12.0 Å². The highest BCUT2D eigenvalue weighted by atomic mass is 35.5. The molecule has 0 saturated carbocycles. The Balaban J connectivity index is 2.13. The molecular formula is C25H32ClNO6. The molecule has 0 aromatic heterocycles. The average molecular weight is 478 g/mol. The maximum Gasteiger partial charge on any atom is 0.410 e. The Bertz CT molecular complexity index is 925. The van der Waals surface area contributed by atoms with Crippen LogP contribution >= 0.6 is 11.6 Å². The van der Waals surface area contributed by atoms with Crippen molar-refractivity contribution in [3.8, 4) is 5.75 Å². The lowest BCUT2D eigenvalue weighted by molar-refractivity contribution is -0.142. The van der Waals surface area contributed by atoms with Crippen LogP contribution in [0.3, 0.4) is 0 Å². The van der Waals surface area contributed by atoms with Crippen molar-refractivity contribution in [3.63, 3.8) is 0 Å². The van der Waals surface area contributed by atoms with Gasteiger partial charge in [-0.1, -0.05) is 35.9 Å². The third kappa shape index (κ3) is 8.94. The molecule has 0 bridgehead atoms. The third-order valence-electron chi connectivity index (χ3n) is 4.80. The predicted molar refractivity (Wildman–Crippen MR) is 126 cm³/mol. The lowest BCUT2D eigenvalue weighted by Crippen LogP contribution is -2.45. The number of nitrogens with zero attached hydrogens (tertiary/aromatic N) is 1. The standard InChI is InChI=1S/C25H32ClNO6/c1-17(13-18-9-11-21(12-10-18)32-16-23(29)31-5)27(24(30)33-25(2,3)4)15-22(28)19-7-6-8-20(26)14-19/h6-12,14,17,22,28H,13,15-16H2,1-5H3. The van der Waals surface area contributed by atoms with E-state index < -0.39 is 23.8 Å². The molecule has 0 heterocycles. The Morgan fingerprint density at radius 2 is 1.79 bits per heavy atom. The first-order chi connectivity index (χ1) is 15.5. The first kappa shape index (κ1) is 26.5. The van der Waals surface area contributed by atoms with Crippen molar-refractivity contribution < 1.29 is 28.9 Å². The van der Waals surface area contributed by atoms with Crippen LogP contribution in [0, 0.1) is 0 Å². The summed E-state index contributed by atoms with van der Waals surface area (Å²) in [4.78, 5) is 25.7. The zero-order valence-electron chi connectivity index (χ0n) is 19.7. The first-order valence-corrected chi connectivity index (χ1v) is 11.1. The molecule has 33 heavy (non-hydrogen) atoms. The van der Waals surface area contributed by atoms with E-state index in [-0.39, 0.29) is 19.2 Å². The Morgan fingerprint density at radius 1 is 1.12 bits per heavy atom. The van der Waals surface area contributed by atoms with E-state index in [9.17, 15) is 14.7 Å². The van der Waals surface area contributed by atoms with Crippen LogP contribution in [0.25, 0.3) is 0 Å². The summed E-state index contributed by atoms with van der Waals surface area (Å²) in [5, 5.41) is 11.3. The molecule has 0 aliphatic rings. The number of esters is 1. The number of rotatable bonds is 9. The van der Waals surface area contributed by atoms with Gasteiger partial charge < -0.3 is 24.2 Å². The van der Waals surface area contributed by atoms with Crippen LogP contribution in [0.5, 0.6) is 5.75 Å². The van der Waals surface area contributed by atoms with E-state index >= 15 is 0 Å². The van der Waals surface area contributed by atoms with Gasteiger partial charge in [0.25, 0.3) is 0 Å². The molecule has 0 aliphatic heterocycles. The van der Waals surface area contributed by atoms with Crippen LogP contribution in [0.1, 0.15) is 44.9 Å². The van der Waals surface area contributed by atoms with Gasteiger partial charge in [0, 0.05) is 11.1 Å². The number of hydrogen-bond acceptors (Lipinski definition) is 6. The van der Waals surface area contributed by atoms with Crippen LogP contribution in [0.15, 0.2) is 48.5 Å². The summed E-state index contributed by atoms with van der Waals surface area (Å²) < 4.78 is 15.5. The van der Waals surface area contributed by atoms with Gasteiger partial charge in [0.2, 0.25) is 0 Å². The van der Waals surface area contributed by atoms with Crippen molar-refractivity contribution in [2.45, 2.75) is 51.9 Å². The number of aliphatic hydroxyl groups is 1. The highest BCUT2D eigenvalue weighted by molar-refractivity contribution is 6.30. The van der Waals surface area contributed by atoms with Crippen molar-refractivity contribution >= 4 is 23.7 Å². The number of aliphatic hydroxyl groups excluding tert-OH is 1. The molecule has 0 aliphatic carbocycles. The maximum atomic E-state index is 13.0. The lowest BCUT2D eigenvalue weighted by Gasteiger charge is -2.33. The molecule has 0 saturated heterocycles. The molecule has 2 atom stereocenters. The minimum Gasteiger partial charge on any atom is -0.482 e. The number of carbonyl (C=O) groups is 2. The first-order valence-electron chi connectivity index (χ1n) is 10.7. The fourth-order valence-corrected chi connectivity index (χ4v) is 3.33. The van der Waals surface area contributed by atoms with Crippen LogP contribution in [0.2, 0.25) is 5.02 Å². The zero-order chi connectivity index (χ0) is 24.6. The van der Waals surface area contributed by atoms with E-state index in [2.05, 4.69) is 4.74 Å². The van der Waals surface area contributed by atoms with Crippen LogP contribution in [-0.2, 0) is 20.7 Å². The Morgan fingerprint density at radius 3 is 2.36 bits per heavy atom. The summed E-state index contributed by atoms with van der Waals surface area (Å²) in [6, 6.07) is 13.9. The van der Waals surface area contributed by atoms with Crippen molar-refractivity contribution in [2.75, 3.05) is 20.3 Å². The topological polar surface area (TPSA) is 85.3 Å². The number of benzene rings is 2. The highest BCUT2D eigenvalue weighted by Crippen LogP contribution is 2.23. The Hall–Kier alpha value is -2.77. The monoisotopic (exact) mass is 477 g/mol. The number of amides is 1. The zero-order valence-corrected chi connectivity index (χ0v) is 20.5. The van der Waals surface area contributed by atoms with Crippen LogP contribution in [-0.4, -0.2) is 54.0 Å². The molecular weight excluding hydrogens is 446 g/mol. The minimum atomic E-state index is -0.923. The molecule has 8 heteroatoms. The molecule has 7 nitrogen and oxygen atoms in total. The summed E-state index contributed by atoms with van der Waals surface area (Å²) in [6.45, 7) is 7.18. The quantitative estimate of drug-likeness (QED) is 0.522. The van der Waals surface area contributed by atoms with Gasteiger partial charge in [0.15, 0.2) is 6.61 Å². The molecule has 180 valence electrons. The number of carbonyl (C=O) groups excluding carboxylic acids is 2. The third-order valence-corrected chi connectivity index (χ3v) is 5.04. The van der Waals surface area contributed by atoms with Gasteiger partial charge in [-0.3, -0.25) is 0 Å². The number of ether oxygens (including phenoxy) is 3. The summed E-state index contributed by atoms with van der Waals surface area (Å²) in [7, 11) is 1.30. The predicted octanol–water partition coefficient (Wildman–Crippen LogP) is 4.79. The van der Waals surface area contributed by atoms with Gasteiger partial charge in [0.05, 0.1) is 19.8 Å². The number of hydrogen-bond donors (Lipinski definition) is 1. The normalized spacial score (nSPS) is 13.1. The van der Waals surface area contributed by atoms with E-state index in [1.54, 1.807) is 57.2 Å². The smallest absolute Gasteiger partial charge is 0.410 e. The Labute approximate surface area is 200 Å². The Kier molecular flexibility index (Phi) is 9.56. The van der Waals surface area contributed by atoms with Crippen LogP contribution in [0.4, 0.5) is 4.79 Å². The van der Waals surface area contributed by atoms with Crippen molar-refractivity contribution in [1.29, 1.82) is 0 Å². The van der Waals surface area contributed by atoms with E-state index in [1.807, 2.05) is 19.1 Å². The molecule has 0 radical (unpaired) electrons. The second-order valence-corrected chi connectivity index (χ2v) is 9.20. The van der Waals surface area contributed by atoms with Gasteiger partial charge in [-0.2, -0.15) is 0 Å². The second kappa shape index (κ2) is 11.9. The second-order valence-electron chi connectivity index (χ2n) is 8.77. The molecule has 2 unspecified atom stereocenters. The molecule has 1 amide bonds. The van der Waals surface area contributed by atoms with Crippen LogP contribution < -0.4 is 4.74 Å². The van der Waals surface area contributed by atoms with Gasteiger partial charge >= 0.3 is 12.1 Å². The van der Waals surface area contributed by atoms with E-state index in [0.29, 0.717) is 22.8 Å². The highest BCUT2D eigenvalue weighted by Gasteiger charge is 2.28. The van der Waals surface area contributed by atoms with Crippen molar-refractivity contribution in [2.24, 2.45) is 0 Å². The van der Waals surface area contributed by atoms with Gasteiger partial charge in [-0.25, -0.2) is 9.59 Å². The molecule has 0 spiro atoms. The summed E-state index contributed by atoms with van der Waals surface area (Å²) in [5.41, 5.74) is 0.906. The summed E-state index contributed by atoms with van der Waals surface area (Å²) in [6.07, 6.45) is -0.902. The van der Waals surface area contributed by atoms with E-state index in [0.717, 1.165) is 5.56 Å². The van der Waals surface area contributed by atoms with Gasteiger partial charge in [-0.05, 0) is 69.5 Å². The van der Waals surface area contributed by atoms with Gasteiger partial charge in [0.1, 0.15) is 11.4 Å². The van der Waals surface area contributed by atoms with E-state index in [4.69, 9.17) is 21.1 Å². The fourth-order valence-electron chi connectivity index (χ4n) is 3.13. The largest absolute Gasteiger partial charge is 0.482 e. The van der Waals surface area contributed by atoms with Gasteiger partial charge in [-0.15, -0.1) is 0 Å². The van der Waals surface area contributed by atoms with Crippen molar-refractivity contribution in [3.05, 3.63) is 64.7 Å². The van der Waals surface area contributed by atoms with Crippen molar-refractivity contribution in [1.82, 2.24) is 4.90 Å². The average Bonchev–Trinajstić information content (AvgIpc) is 2.75. The summed E-state index contributed by atoms with van der Waals surface area (Å²) >= 11 is 6.05. The molecule has 2 aromatic rings.